The molecule has 1 aliphatic rings. The summed E-state index contributed by atoms with van der Waals surface area (Å²) in [6.45, 7) is 2.88. The third-order valence-corrected chi connectivity index (χ3v) is 5.69. The van der Waals surface area contributed by atoms with Gasteiger partial charge in [0, 0.05) is 0 Å². The number of amides is 1. The van der Waals surface area contributed by atoms with Crippen LogP contribution in [0, 0.1) is 0 Å². The van der Waals surface area contributed by atoms with Crippen LogP contribution in [0.5, 0.6) is 11.5 Å². The highest BCUT2D eigenvalue weighted by atomic mass is 79.9. The zero-order chi connectivity index (χ0) is 18.9. The maximum absolute atomic E-state index is 11.8. The van der Waals surface area contributed by atoms with Gasteiger partial charge in [0.2, 0.25) is 0 Å². The van der Waals surface area contributed by atoms with Crippen molar-refractivity contribution in [1.82, 2.24) is 5.32 Å². The zero-order valence-electron chi connectivity index (χ0n) is 15.1. The van der Waals surface area contributed by atoms with Crippen LogP contribution >= 0.6 is 39.9 Å². The largest absolute Gasteiger partial charge is 0.493 e. The van der Waals surface area contributed by atoms with Crippen molar-refractivity contribution in [1.29, 1.82) is 0 Å². The molecule has 1 amide bonds. The summed E-state index contributed by atoms with van der Waals surface area (Å²) in [6.07, 6.45) is 9.11. The minimum atomic E-state index is -0.168. The number of carbonyl (C=O) groups is 1. The van der Waals surface area contributed by atoms with E-state index in [1.165, 1.54) is 43.9 Å². The topological polar surface area (TPSA) is 47.6 Å². The van der Waals surface area contributed by atoms with Gasteiger partial charge in [-0.25, -0.2) is 0 Å². The van der Waals surface area contributed by atoms with E-state index in [0.29, 0.717) is 27.3 Å². The molecule has 0 saturated carbocycles. The molecule has 1 fully saturated rings. The van der Waals surface area contributed by atoms with Crippen molar-refractivity contribution in [2.45, 2.75) is 45.4 Å². The van der Waals surface area contributed by atoms with Crippen molar-refractivity contribution in [3.05, 3.63) is 27.1 Å². The highest BCUT2D eigenvalue weighted by Gasteiger charge is 2.22. The van der Waals surface area contributed by atoms with Gasteiger partial charge in [0.1, 0.15) is 4.32 Å². The lowest BCUT2D eigenvalue weighted by Gasteiger charge is -2.13. The van der Waals surface area contributed by atoms with E-state index in [1.54, 1.807) is 13.2 Å². The summed E-state index contributed by atoms with van der Waals surface area (Å²) in [5, 5.41) is 2.61. The van der Waals surface area contributed by atoms with Crippen LogP contribution in [-0.4, -0.2) is 23.9 Å². The molecule has 1 heterocycles. The molecular formula is C19H24BrNO3S2. The predicted molar refractivity (Wildman–Crippen MR) is 116 cm³/mol. The van der Waals surface area contributed by atoms with E-state index in [1.807, 2.05) is 12.1 Å². The summed E-state index contributed by atoms with van der Waals surface area (Å²) in [5.41, 5.74) is 0.850. The van der Waals surface area contributed by atoms with Crippen LogP contribution in [-0.2, 0) is 4.79 Å². The fourth-order valence-corrected chi connectivity index (χ4v) is 4.21. The van der Waals surface area contributed by atoms with Crippen molar-refractivity contribution < 1.29 is 14.3 Å². The number of hydrogen-bond acceptors (Lipinski definition) is 5. The van der Waals surface area contributed by atoms with E-state index >= 15 is 0 Å². The Morgan fingerprint density at radius 3 is 2.62 bits per heavy atom. The molecule has 1 aliphatic heterocycles. The number of nitrogens with one attached hydrogen (secondary N) is 1. The molecule has 1 aromatic carbocycles. The van der Waals surface area contributed by atoms with Gasteiger partial charge in [-0.3, -0.25) is 4.79 Å². The smallest absolute Gasteiger partial charge is 0.263 e. The minimum absolute atomic E-state index is 0.168. The molecule has 4 nitrogen and oxygen atoms in total. The Morgan fingerprint density at radius 2 is 1.96 bits per heavy atom. The van der Waals surface area contributed by atoms with Crippen molar-refractivity contribution >= 4 is 56.2 Å². The molecule has 0 spiro atoms. The number of hydrogen-bond donors (Lipinski definition) is 1. The van der Waals surface area contributed by atoms with Crippen molar-refractivity contribution in [2.75, 3.05) is 13.7 Å². The Labute approximate surface area is 173 Å². The van der Waals surface area contributed by atoms with Crippen molar-refractivity contribution in [3.63, 3.8) is 0 Å². The number of carbonyl (C=O) groups excluding carboxylic acids is 1. The van der Waals surface area contributed by atoms with E-state index in [4.69, 9.17) is 21.7 Å². The number of thioether (sulfide) groups is 1. The zero-order valence-corrected chi connectivity index (χ0v) is 18.3. The van der Waals surface area contributed by atoms with Crippen molar-refractivity contribution in [3.8, 4) is 11.5 Å². The standard InChI is InChI=1S/C19H24BrNO3S2/c1-3-4-5-6-7-8-9-24-17-14(20)10-13(11-15(17)23-2)12-16-18(22)21-19(25)26-16/h10-12H,3-9H2,1-2H3,(H,21,22,25)/b16-12+. The number of benzene rings is 1. The monoisotopic (exact) mass is 457 g/mol. The van der Waals surface area contributed by atoms with Crippen LogP contribution in [0.25, 0.3) is 6.08 Å². The second-order valence-corrected chi connectivity index (χ2v) is 8.58. The number of ether oxygens (including phenoxy) is 2. The van der Waals surface area contributed by atoms with Crippen LogP contribution < -0.4 is 14.8 Å². The van der Waals surface area contributed by atoms with Crippen LogP contribution in [0.15, 0.2) is 21.5 Å². The average Bonchev–Trinajstić information content (AvgIpc) is 2.92. The molecular weight excluding hydrogens is 434 g/mol. The van der Waals surface area contributed by atoms with Gasteiger partial charge in [-0.15, -0.1) is 0 Å². The first-order valence-corrected chi connectivity index (χ1v) is 10.8. The SMILES string of the molecule is CCCCCCCCOc1c(Br)cc(/C=C2/SC(=S)NC2=O)cc1OC. The van der Waals surface area contributed by atoms with Gasteiger partial charge < -0.3 is 14.8 Å². The van der Waals surface area contributed by atoms with Crippen LogP contribution in [0.4, 0.5) is 0 Å². The normalized spacial score (nSPS) is 15.4. The second kappa shape index (κ2) is 10.9. The molecule has 0 radical (unpaired) electrons. The molecule has 2 rings (SSSR count). The Hall–Kier alpha value is -1.05. The maximum atomic E-state index is 11.8. The van der Waals surface area contributed by atoms with E-state index in [-0.39, 0.29) is 5.91 Å². The molecule has 1 N–H and O–H groups in total. The lowest BCUT2D eigenvalue weighted by molar-refractivity contribution is -0.115. The summed E-state index contributed by atoms with van der Waals surface area (Å²) >= 11 is 9.83. The van der Waals surface area contributed by atoms with E-state index in [9.17, 15) is 4.79 Å². The Bertz CT molecular complexity index is 692. The second-order valence-electron chi connectivity index (χ2n) is 6.00. The number of rotatable bonds is 10. The Kier molecular flexibility index (Phi) is 8.95. The molecule has 0 unspecified atom stereocenters. The van der Waals surface area contributed by atoms with E-state index < -0.39 is 0 Å². The first-order valence-electron chi connectivity index (χ1n) is 8.80. The summed E-state index contributed by atoms with van der Waals surface area (Å²) in [5.74, 6) is 1.17. The van der Waals surface area contributed by atoms with Gasteiger partial charge in [-0.05, 0) is 46.1 Å². The first kappa shape index (κ1) is 21.3. The molecule has 7 heteroatoms. The number of thiocarbonyl (C=S) groups is 1. The summed E-state index contributed by atoms with van der Waals surface area (Å²) in [6, 6.07) is 3.78. The summed E-state index contributed by atoms with van der Waals surface area (Å²) in [7, 11) is 1.61. The van der Waals surface area contributed by atoms with E-state index in [2.05, 4.69) is 28.2 Å². The van der Waals surface area contributed by atoms with Gasteiger partial charge in [0.05, 0.1) is 23.1 Å². The van der Waals surface area contributed by atoms with Crippen molar-refractivity contribution in [2.24, 2.45) is 0 Å². The highest BCUT2D eigenvalue weighted by Crippen LogP contribution is 2.38. The molecule has 1 saturated heterocycles. The molecule has 26 heavy (non-hydrogen) atoms. The lowest BCUT2D eigenvalue weighted by atomic mass is 10.1. The number of unbranched alkanes of at least 4 members (excludes halogenated alkanes) is 5. The number of methoxy groups -OCH3 is 1. The fraction of sp³-hybridized carbons (Fsp3) is 0.474. The first-order chi connectivity index (χ1) is 12.5. The maximum Gasteiger partial charge on any atom is 0.263 e. The molecule has 0 aromatic heterocycles. The lowest BCUT2D eigenvalue weighted by Crippen LogP contribution is -2.17. The van der Waals surface area contributed by atoms with Gasteiger partial charge >= 0.3 is 0 Å². The fourth-order valence-electron chi connectivity index (χ4n) is 2.59. The van der Waals surface area contributed by atoms with Crippen LogP contribution in [0.3, 0.4) is 0 Å². The minimum Gasteiger partial charge on any atom is -0.493 e. The van der Waals surface area contributed by atoms with Gasteiger partial charge in [0.15, 0.2) is 11.5 Å². The number of halogens is 1. The Morgan fingerprint density at radius 1 is 1.23 bits per heavy atom. The average molecular weight is 458 g/mol. The molecule has 0 bridgehead atoms. The van der Waals surface area contributed by atoms with E-state index in [0.717, 1.165) is 16.5 Å². The summed E-state index contributed by atoms with van der Waals surface area (Å²) in [4.78, 5) is 12.4. The molecule has 1 aromatic rings. The molecule has 0 atom stereocenters. The molecule has 142 valence electrons. The highest BCUT2D eigenvalue weighted by molar-refractivity contribution is 9.10. The van der Waals surface area contributed by atoms with Gasteiger partial charge in [-0.1, -0.05) is 63.0 Å². The third-order valence-electron chi connectivity index (χ3n) is 3.94. The summed E-state index contributed by atoms with van der Waals surface area (Å²) < 4.78 is 12.7. The van der Waals surface area contributed by atoms with Crippen LogP contribution in [0.1, 0.15) is 51.0 Å². The van der Waals surface area contributed by atoms with Gasteiger partial charge in [0.25, 0.3) is 5.91 Å². The third kappa shape index (κ3) is 6.28. The van der Waals surface area contributed by atoms with Gasteiger partial charge in [-0.2, -0.15) is 0 Å². The quantitative estimate of drug-likeness (QED) is 0.278. The Balaban J connectivity index is 1.99. The van der Waals surface area contributed by atoms with Crippen LogP contribution in [0.2, 0.25) is 0 Å². The molecule has 0 aliphatic carbocycles. The predicted octanol–water partition coefficient (Wildman–Crippen LogP) is 5.69.